The second-order valence-corrected chi connectivity index (χ2v) is 8.40. The lowest BCUT2D eigenvalue weighted by molar-refractivity contribution is -0.384. The summed E-state index contributed by atoms with van der Waals surface area (Å²) in [5.41, 5.74) is 4.81. The van der Waals surface area contributed by atoms with Crippen LogP contribution in [0, 0.1) is 10.1 Å². The molecule has 7 heteroatoms. The number of rotatable bonds is 4. The fourth-order valence-corrected chi connectivity index (χ4v) is 3.29. The molecule has 1 heterocycles. The number of hydrogen-bond acceptors (Lipinski definition) is 4. The summed E-state index contributed by atoms with van der Waals surface area (Å²) in [5.74, 6) is 0.418. The average molecular weight is 414 g/mol. The van der Waals surface area contributed by atoms with Crippen molar-refractivity contribution in [3.63, 3.8) is 0 Å². The lowest BCUT2D eigenvalue weighted by atomic mass is 9.87. The highest BCUT2D eigenvalue weighted by atomic mass is 16.6. The first-order valence-electron chi connectivity index (χ1n) is 9.87. The molecular weight excluding hydrogens is 392 g/mol. The highest BCUT2D eigenvalue weighted by Gasteiger charge is 2.14. The SMILES string of the molecule is CC(C)(C)c1ccc(-c2nc3ccc(NC(=O)c4ccc([N+](=O)[O-])cc4)cc3[nH]2)cc1. The average Bonchev–Trinajstić information content (AvgIpc) is 3.16. The van der Waals surface area contributed by atoms with E-state index in [1.807, 2.05) is 12.1 Å². The Kier molecular flexibility index (Phi) is 5.02. The normalized spacial score (nSPS) is 11.5. The molecule has 4 aromatic rings. The Bertz CT molecular complexity index is 1270. The Labute approximate surface area is 179 Å². The molecule has 0 unspecified atom stereocenters. The molecule has 0 fully saturated rings. The minimum absolute atomic E-state index is 0.0570. The lowest BCUT2D eigenvalue weighted by Gasteiger charge is -2.18. The third-order valence-corrected chi connectivity index (χ3v) is 5.10. The number of hydrogen-bond donors (Lipinski definition) is 2. The fraction of sp³-hybridized carbons (Fsp3) is 0.167. The molecule has 0 atom stereocenters. The fourth-order valence-electron chi connectivity index (χ4n) is 3.29. The first kappa shape index (κ1) is 20.3. The van der Waals surface area contributed by atoms with Gasteiger partial charge in [0.05, 0.1) is 16.0 Å². The van der Waals surface area contributed by atoms with Gasteiger partial charge >= 0.3 is 0 Å². The van der Waals surface area contributed by atoms with Gasteiger partial charge in [0.15, 0.2) is 0 Å². The van der Waals surface area contributed by atoms with Crippen LogP contribution in [0.1, 0.15) is 36.7 Å². The molecule has 0 aliphatic carbocycles. The maximum Gasteiger partial charge on any atom is 0.269 e. The summed E-state index contributed by atoms with van der Waals surface area (Å²) < 4.78 is 0. The number of nitro groups is 1. The van der Waals surface area contributed by atoms with E-state index in [0.717, 1.165) is 22.4 Å². The van der Waals surface area contributed by atoms with Gasteiger partial charge in [0, 0.05) is 28.9 Å². The molecule has 156 valence electrons. The number of imidazole rings is 1. The molecule has 31 heavy (non-hydrogen) atoms. The Morgan fingerprint density at radius 3 is 2.29 bits per heavy atom. The van der Waals surface area contributed by atoms with Gasteiger partial charge in [0.2, 0.25) is 0 Å². The van der Waals surface area contributed by atoms with Crippen molar-refractivity contribution in [3.05, 3.63) is 88.0 Å². The number of nitrogens with zero attached hydrogens (tertiary/aromatic N) is 2. The van der Waals surface area contributed by atoms with Gasteiger partial charge in [-0.05, 0) is 41.3 Å². The third-order valence-electron chi connectivity index (χ3n) is 5.10. The number of benzene rings is 3. The number of aromatic amines is 1. The van der Waals surface area contributed by atoms with E-state index in [0.29, 0.717) is 11.3 Å². The highest BCUT2D eigenvalue weighted by molar-refractivity contribution is 6.05. The van der Waals surface area contributed by atoms with E-state index >= 15 is 0 Å². The molecule has 4 rings (SSSR count). The topological polar surface area (TPSA) is 101 Å². The summed E-state index contributed by atoms with van der Waals surface area (Å²) in [6.45, 7) is 6.53. The summed E-state index contributed by atoms with van der Waals surface area (Å²) in [4.78, 5) is 30.7. The van der Waals surface area contributed by atoms with Gasteiger partial charge in [-0.3, -0.25) is 14.9 Å². The van der Waals surface area contributed by atoms with E-state index in [9.17, 15) is 14.9 Å². The molecule has 0 saturated carbocycles. The Morgan fingerprint density at radius 1 is 1.00 bits per heavy atom. The summed E-state index contributed by atoms with van der Waals surface area (Å²) in [5, 5.41) is 13.6. The number of anilines is 1. The predicted octanol–water partition coefficient (Wildman–Crippen LogP) is 5.69. The number of amides is 1. The molecule has 1 aromatic heterocycles. The third kappa shape index (κ3) is 4.30. The minimum Gasteiger partial charge on any atom is -0.338 e. The van der Waals surface area contributed by atoms with E-state index in [2.05, 4.69) is 60.3 Å². The zero-order valence-corrected chi connectivity index (χ0v) is 17.5. The largest absolute Gasteiger partial charge is 0.338 e. The van der Waals surface area contributed by atoms with Crippen LogP contribution >= 0.6 is 0 Å². The monoisotopic (exact) mass is 414 g/mol. The molecule has 2 N–H and O–H groups in total. The molecule has 1 amide bonds. The molecule has 3 aromatic carbocycles. The van der Waals surface area contributed by atoms with E-state index in [1.54, 1.807) is 6.07 Å². The molecule has 0 aliphatic rings. The number of nitro benzene ring substituents is 1. The predicted molar refractivity (Wildman–Crippen MR) is 121 cm³/mol. The van der Waals surface area contributed by atoms with Crippen LogP contribution in [0.4, 0.5) is 11.4 Å². The van der Waals surface area contributed by atoms with Crippen molar-refractivity contribution in [1.82, 2.24) is 9.97 Å². The zero-order valence-electron chi connectivity index (χ0n) is 17.5. The van der Waals surface area contributed by atoms with E-state index < -0.39 is 4.92 Å². The molecular formula is C24H22N4O3. The van der Waals surface area contributed by atoms with E-state index in [-0.39, 0.29) is 17.0 Å². The van der Waals surface area contributed by atoms with Crippen LogP contribution in [0.2, 0.25) is 0 Å². The molecule has 0 bridgehead atoms. The Balaban J connectivity index is 1.54. The zero-order chi connectivity index (χ0) is 22.2. The van der Waals surface area contributed by atoms with Gasteiger partial charge in [-0.15, -0.1) is 0 Å². The van der Waals surface area contributed by atoms with Crippen molar-refractivity contribution >= 4 is 28.3 Å². The summed E-state index contributed by atoms with van der Waals surface area (Å²) >= 11 is 0. The van der Waals surface area contributed by atoms with Gasteiger partial charge in [-0.2, -0.15) is 0 Å². The number of carbonyl (C=O) groups excluding carboxylic acids is 1. The quantitative estimate of drug-likeness (QED) is 0.331. The van der Waals surface area contributed by atoms with Gasteiger partial charge < -0.3 is 10.3 Å². The summed E-state index contributed by atoms with van der Waals surface area (Å²) in [7, 11) is 0. The van der Waals surface area contributed by atoms with Gasteiger partial charge in [0.1, 0.15) is 5.82 Å². The second-order valence-electron chi connectivity index (χ2n) is 8.40. The molecule has 7 nitrogen and oxygen atoms in total. The first-order chi connectivity index (χ1) is 14.7. The van der Waals surface area contributed by atoms with E-state index in [1.165, 1.54) is 29.8 Å². The number of carbonyl (C=O) groups is 1. The molecule has 0 aliphatic heterocycles. The van der Waals surface area contributed by atoms with Crippen LogP contribution in [0.15, 0.2) is 66.7 Å². The van der Waals surface area contributed by atoms with Crippen molar-refractivity contribution in [3.8, 4) is 11.4 Å². The van der Waals surface area contributed by atoms with Gasteiger partial charge in [-0.1, -0.05) is 45.0 Å². The molecule has 0 saturated heterocycles. The maximum absolute atomic E-state index is 12.5. The van der Waals surface area contributed by atoms with Crippen LogP contribution in [-0.4, -0.2) is 20.8 Å². The molecule has 0 spiro atoms. The lowest BCUT2D eigenvalue weighted by Crippen LogP contribution is -2.11. The van der Waals surface area contributed by atoms with Crippen LogP contribution in [0.3, 0.4) is 0 Å². The number of nitrogens with one attached hydrogen (secondary N) is 2. The van der Waals surface area contributed by atoms with Gasteiger partial charge in [0.25, 0.3) is 11.6 Å². The standard InChI is InChI=1S/C24H22N4O3/c1-24(2,3)17-8-4-15(5-9-17)22-26-20-13-10-18(14-21(20)27-22)25-23(29)16-6-11-19(12-7-16)28(30)31/h4-14H,1-3H3,(H,25,29)(H,26,27). The number of aromatic nitrogens is 2. The van der Waals surface area contributed by atoms with Crippen LogP contribution < -0.4 is 5.32 Å². The van der Waals surface area contributed by atoms with Crippen molar-refractivity contribution in [2.24, 2.45) is 0 Å². The summed E-state index contributed by atoms with van der Waals surface area (Å²) in [6, 6.07) is 19.2. The van der Waals surface area contributed by atoms with Crippen molar-refractivity contribution in [1.29, 1.82) is 0 Å². The van der Waals surface area contributed by atoms with Crippen molar-refractivity contribution < 1.29 is 9.72 Å². The Morgan fingerprint density at radius 2 is 1.68 bits per heavy atom. The minimum atomic E-state index is -0.498. The number of H-pyrrole nitrogens is 1. The smallest absolute Gasteiger partial charge is 0.269 e. The first-order valence-corrected chi connectivity index (χ1v) is 9.87. The highest BCUT2D eigenvalue weighted by Crippen LogP contribution is 2.27. The van der Waals surface area contributed by atoms with E-state index in [4.69, 9.17) is 0 Å². The van der Waals surface area contributed by atoms with Gasteiger partial charge in [-0.25, -0.2) is 4.98 Å². The van der Waals surface area contributed by atoms with Crippen molar-refractivity contribution in [2.75, 3.05) is 5.32 Å². The maximum atomic E-state index is 12.5. The van der Waals surface area contributed by atoms with Crippen LogP contribution in [0.5, 0.6) is 0 Å². The Hall–Kier alpha value is -4.00. The molecule has 0 radical (unpaired) electrons. The number of fused-ring (bicyclic) bond motifs is 1. The second kappa shape index (κ2) is 7.68. The number of non-ortho nitro benzene ring substituents is 1. The van der Waals surface area contributed by atoms with Crippen LogP contribution in [-0.2, 0) is 5.41 Å². The summed E-state index contributed by atoms with van der Waals surface area (Å²) in [6.07, 6.45) is 0. The van der Waals surface area contributed by atoms with Crippen LogP contribution in [0.25, 0.3) is 22.4 Å². The van der Waals surface area contributed by atoms with Crippen molar-refractivity contribution in [2.45, 2.75) is 26.2 Å².